The van der Waals surface area contributed by atoms with Gasteiger partial charge < -0.3 is 10.6 Å². The highest BCUT2D eigenvalue weighted by Gasteiger charge is 2.12. The van der Waals surface area contributed by atoms with E-state index in [1.165, 1.54) is 11.8 Å². The van der Waals surface area contributed by atoms with Crippen molar-refractivity contribution in [2.45, 2.75) is 4.90 Å². The molecule has 0 heterocycles. The number of anilines is 1. The van der Waals surface area contributed by atoms with Gasteiger partial charge in [0, 0.05) is 16.5 Å². The fourth-order valence-electron chi connectivity index (χ4n) is 1.92. The Labute approximate surface area is 150 Å². The van der Waals surface area contributed by atoms with Gasteiger partial charge in [0.05, 0.1) is 17.0 Å². The van der Waals surface area contributed by atoms with E-state index in [4.69, 9.17) is 11.6 Å². The second-order valence-corrected chi connectivity index (χ2v) is 6.32. The Morgan fingerprint density at radius 1 is 1.12 bits per heavy atom. The molecule has 2 rings (SSSR count). The Balaban J connectivity index is 1.97. The molecule has 0 unspecified atom stereocenters. The van der Waals surface area contributed by atoms with Gasteiger partial charge in [-0.05, 0) is 36.4 Å². The number of para-hydroxylation sites is 1. The van der Waals surface area contributed by atoms with Crippen LogP contribution in [-0.4, -0.2) is 24.1 Å². The molecule has 2 N–H and O–H groups in total. The summed E-state index contributed by atoms with van der Waals surface area (Å²) >= 11 is 7.23. The Morgan fingerprint density at radius 2 is 1.83 bits per heavy atom. The lowest BCUT2D eigenvalue weighted by atomic mass is 10.1. The first-order chi connectivity index (χ1) is 11.6. The summed E-state index contributed by atoms with van der Waals surface area (Å²) < 4.78 is 0. The fourth-order valence-corrected chi connectivity index (χ4v) is 2.74. The summed E-state index contributed by atoms with van der Waals surface area (Å²) in [6, 6.07) is 14.2. The lowest BCUT2D eigenvalue weighted by Crippen LogP contribution is -2.25. The van der Waals surface area contributed by atoms with Gasteiger partial charge in [0.1, 0.15) is 0 Å². The van der Waals surface area contributed by atoms with E-state index in [1.807, 2.05) is 12.1 Å². The maximum atomic E-state index is 12.1. The third-order valence-corrected chi connectivity index (χ3v) is 4.30. The minimum atomic E-state index is -0.254. The van der Waals surface area contributed by atoms with E-state index >= 15 is 0 Å². The van der Waals surface area contributed by atoms with Crippen molar-refractivity contribution >= 4 is 40.9 Å². The van der Waals surface area contributed by atoms with Gasteiger partial charge in [-0.25, -0.2) is 0 Å². The Morgan fingerprint density at radius 3 is 2.54 bits per heavy atom. The molecule has 6 heteroatoms. The molecule has 0 fully saturated rings. The summed E-state index contributed by atoms with van der Waals surface area (Å²) in [6.07, 6.45) is 1.60. The molecule has 0 aromatic heterocycles. The monoisotopic (exact) mass is 360 g/mol. The van der Waals surface area contributed by atoms with Crippen LogP contribution in [-0.2, 0) is 4.79 Å². The molecule has 124 valence electrons. The molecular formula is C18H17ClN2O2S. The van der Waals surface area contributed by atoms with E-state index < -0.39 is 0 Å². The summed E-state index contributed by atoms with van der Waals surface area (Å²) in [6.45, 7) is 3.93. The molecule has 24 heavy (non-hydrogen) atoms. The topological polar surface area (TPSA) is 58.2 Å². The second kappa shape index (κ2) is 9.15. The van der Waals surface area contributed by atoms with Crippen molar-refractivity contribution < 1.29 is 9.59 Å². The van der Waals surface area contributed by atoms with Crippen LogP contribution in [0.3, 0.4) is 0 Å². The van der Waals surface area contributed by atoms with E-state index in [9.17, 15) is 9.59 Å². The Hall–Kier alpha value is -2.24. The van der Waals surface area contributed by atoms with Gasteiger partial charge in [0.15, 0.2) is 0 Å². The van der Waals surface area contributed by atoms with E-state index in [1.54, 1.807) is 42.5 Å². The summed E-state index contributed by atoms with van der Waals surface area (Å²) in [5.41, 5.74) is 0.907. The van der Waals surface area contributed by atoms with Crippen molar-refractivity contribution in [3.8, 4) is 0 Å². The molecule has 2 amide bonds. The smallest absolute Gasteiger partial charge is 0.253 e. The number of halogens is 1. The third kappa shape index (κ3) is 5.44. The normalized spacial score (nSPS) is 10.0. The first-order valence-corrected chi connectivity index (χ1v) is 8.63. The molecule has 0 saturated carbocycles. The summed E-state index contributed by atoms with van der Waals surface area (Å²) in [5.74, 6) is -0.195. The van der Waals surface area contributed by atoms with E-state index in [0.717, 1.165) is 4.90 Å². The number of thioether (sulfide) groups is 1. The lowest BCUT2D eigenvalue weighted by molar-refractivity contribution is -0.113. The summed E-state index contributed by atoms with van der Waals surface area (Å²) in [5, 5.41) is 6.13. The highest BCUT2D eigenvalue weighted by Crippen LogP contribution is 2.21. The fraction of sp³-hybridized carbons (Fsp3) is 0.111. The van der Waals surface area contributed by atoms with Crippen LogP contribution in [0.4, 0.5) is 5.69 Å². The number of nitrogens with one attached hydrogen (secondary N) is 2. The molecule has 0 bridgehead atoms. The van der Waals surface area contributed by atoms with Crippen molar-refractivity contribution in [1.29, 1.82) is 0 Å². The van der Waals surface area contributed by atoms with Gasteiger partial charge in [-0.15, -0.1) is 18.3 Å². The van der Waals surface area contributed by atoms with Crippen molar-refractivity contribution in [2.24, 2.45) is 0 Å². The summed E-state index contributed by atoms with van der Waals surface area (Å²) in [7, 11) is 0. The molecule has 2 aromatic rings. The number of benzene rings is 2. The highest BCUT2D eigenvalue weighted by molar-refractivity contribution is 8.00. The molecule has 0 aliphatic heterocycles. The van der Waals surface area contributed by atoms with Crippen molar-refractivity contribution in [3.63, 3.8) is 0 Å². The van der Waals surface area contributed by atoms with Crippen LogP contribution in [0.15, 0.2) is 66.1 Å². The van der Waals surface area contributed by atoms with Crippen LogP contribution in [0.25, 0.3) is 0 Å². The molecular weight excluding hydrogens is 344 g/mol. The number of carbonyl (C=O) groups excluding carboxylic acids is 2. The van der Waals surface area contributed by atoms with Gasteiger partial charge in [-0.3, -0.25) is 9.59 Å². The predicted octanol–water partition coefficient (Wildman–Crippen LogP) is 3.99. The van der Waals surface area contributed by atoms with Crippen LogP contribution in [0.1, 0.15) is 10.4 Å². The standard InChI is InChI=1S/C18H17ClN2O2S/c1-2-11-20-18(23)15-5-3-4-6-16(15)21-17(22)12-24-14-9-7-13(19)8-10-14/h2-10H,1,11-12H2,(H,20,23)(H,21,22). The SMILES string of the molecule is C=CCNC(=O)c1ccccc1NC(=O)CSc1ccc(Cl)cc1. The minimum Gasteiger partial charge on any atom is -0.349 e. The molecule has 0 saturated heterocycles. The first kappa shape index (κ1) is 18.1. The van der Waals surface area contributed by atoms with Crippen molar-refractivity contribution in [1.82, 2.24) is 5.32 Å². The largest absolute Gasteiger partial charge is 0.349 e. The van der Waals surface area contributed by atoms with Gasteiger partial charge in [0.25, 0.3) is 5.91 Å². The maximum absolute atomic E-state index is 12.1. The Bertz CT molecular complexity index is 732. The van der Waals surface area contributed by atoms with Crippen LogP contribution in [0, 0.1) is 0 Å². The Kier molecular flexibility index (Phi) is 6.90. The zero-order valence-corrected chi connectivity index (χ0v) is 14.5. The lowest BCUT2D eigenvalue weighted by Gasteiger charge is -2.10. The number of carbonyl (C=O) groups is 2. The maximum Gasteiger partial charge on any atom is 0.253 e. The van der Waals surface area contributed by atoms with E-state index in [-0.39, 0.29) is 17.6 Å². The van der Waals surface area contributed by atoms with Crippen molar-refractivity contribution in [2.75, 3.05) is 17.6 Å². The van der Waals surface area contributed by atoms with Gasteiger partial charge in [-0.1, -0.05) is 29.8 Å². The van der Waals surface area contributed by atoms with Crippen molar-refractivity contribution in [3.05, 3.63) is 71.8 Å². The molecule has 0 atom stereocenters. The quantitative estimate of drug-likeness (QED) is 0.580. The second-order valence-electron chi connectivity index (χ2n) is 4.84. The van der Waals surface area contributed by atoms with Crippen LogP contribution in [0.5, 0.6) is 0 Å². The van der Waals surface area contributed by atoms with E-state index in [0.29, 0.717) is 22.8 Å². The number of hydrogen-bond donors (Lipinski definition) is 2. The average molecular weight is 361 g/mol. The van der Waals surface area contributed by atoms with Crippen LogP contribution >= 0.6 is 23.4 Å². The molecule has 2 aromatic carbocycles. The zero-order valence-electron chi connectivity index (χ0n) is 12.9. The third-order valence-electron chi connectivity index (χ3n) is 3.04. The van der Waals surface area contributed by atoms with Gasteiger partial charge in [-0.2, -0.15) is 0 Å². The number of hydrogen-bond acceptors (Lipinski definition) is 3. The molecule has 0 spiro atoms. The molecule has 0 aliphatic rings. The molecule has 0 radical (unpaired) electrons. The number of rotatable bonds is 7. The average Bonchev–Trinajstić information content (AvgIpc) is 2.59. The van der Waals surface area contributed by atoms with E-state index in [2.05, 4.69) is 17.2 Å². The van der Waals surface area contributed by atoms with Crippen LogP contribution < -0.4 is 10.6 Å². The predicted molar refractivity (Wildman–Crippen MR) is 99.8 cm³/mol. The zero-order chi connectivity index (χ0) is 17.4. The first-order valence-electron chi connectivity index (χ1n) is 7.26. The molecule has 4 nitrogen and oxygen atoms in total. The molecule has 0 aliphatic carbocycles. The number of amides is 2. The van der Waals surface area contributed by atoms with Crippen LogP contribution in [0.2, 0.25) is 5.02 Å². The summed E-state index contributed by atoms with van der Waals surface area (Å²) in [4.78, 5) is 25.2. The highest BCUT2D eigenvalue weighted by atomic mass is 35.5. The van der Waals surface area contributed by atoms with Gasteiger partial charge >= 0.3 is 0 Å². The minimum absolute atomic E-state index is 0.182. The van der Waals surface area contributed by atoms with Gasteiger partial charge in [0.2, 0.25) is 5.91 Å².